The first-order valence-corrected chi connectivity index (χ1v) is 17.3. The zero-order chi connectivity index (χ0) is 31.1. The van der Waals surface area contributed by atoms with Crippen LogP contribution in [-0.2, 0) is 32.6 Å². The highest BCUT2D eigenvalue weighted by atomic mass is 35.5. The molecule has 3 aromatic carbocycles. The van der Waals surface area contributed by atoms with Crippen molar-refractivity contribution in [1.29, 1.82) is 0 Å². The summed E-state index contributed by atoms with van der Waals surface area (Å²) in [7, 11) is -3.99. The summed E-state index contributed by atoms with van der Waals surface area (Å²) in [5.74, 6) is -0.914. The molecule has 0 saturated heterocycles. The number of anilines is 1. The lowest BCUT2D eigenvalue weighted by Gasteiger charge is -2.35. The number of benzene rings is 3. The fraction of sp³-hybridized carbons (Fsp3) is 0.355. The summed E-state index contributed by atoms with van der Waals surface area (Å²) in [4.78, 5) is 29.7. The van der Waals surface area contributed by atoms with Gasteiger partial charge in [0.2, 0.25) is 21.8 Å². The minimum Gasteiger partial charge on any atom is -0.352 e. The number of sulfonamides is 1. The van der Waals surface area contributed by atoms with Crippen molar-refractivity contribution in [3.63, 3.8) is 0 Å². The summed E-state index contributed by atoms with van der Waals surface area (Å²) in [6.45, 7) is -0.631. The zero-order valence-corrected chi connectivity index (χ0v) is 27.5. The van der Waals surface area contributed by atoms with E-state index in [0.717, 1.165) is 48.2 Å². The van der Waals surface area contributed by atoms with Crippen molar-refractivity contribution < 1.29 is 18.0 Å². The molecule has 1 atom stereocenters. The first kappa shape index (κ1) is 33.4. The van der Waals surface area contributed by atoms with Crippen LogP contribution in [0.5, 0.6) is 0 Å². The summed E-state index contributed by atoms with van der Waals surface area (Å²) in [5.41, 5.74) is 1.53. The molecule has 0 aromatic heterocycles. The maximum absolute atomic E-state index is 14.3. The average Bonchev–Trinajstić information content (AvgIpc) is 2.97. The third kappa shape index (κ3) is 9.02. The molecule has 0 heterocycles. The van der Waals surface area contributed by atoms with Crippen molar-refractivity contribution in [2.24, 2.45) is 0 Å². The number of rotatable bonds is 11. The largest absolute Gasteiger partial charge is 0.352 e. The molecular formula is C31H33Cl4N3O4S. The lowest BCUT2D eigenvalue weighted by atomic mass is 9.94. The molecule has 4 rings (SSSR count). The molecule has 12 heteroatoms. The van der Waals surface area contributed by atoms with Crippen LogP contribution < -0.4 is 9.62 Å². The molecule has 1 saturated carbocycles. The van der Waals surface area contributed by atoms with E-state index in [0.29, 0.717) is 15.6 Å². The molecule has 1 N–H and O–H groups in total. The standard InChI is InChI=1S/C31H33Cl4N3O4S/c1-43(41,42)38(27-14-8-13-25(33)30(27)35)20-29(39)37(19-22-15-16-24(32)26(34)17-22)28(18-21-9-4-2-5-10-21)31(40)36-23-11-6-3-7-12-23/h2,4-5,8-10,13-17,23,28H,3,6-7,11-12,18-20H2,1H3,(H,36,40)/t28-/m1/s1. The second kappa shape index (κ2) is 15.0. The van der Waals surface area contributed by atoms with E-state index in [1.54, 1.807) is 24.3 Å². The Hall–Kier alpha value is -2.49. The molecule has 7 nitrogen and oxygen atoms in total. The summed E-state index contributed by atoms with van der Waals surface area (Å²) < 4.78 is 26.9. The Kier molecular flexibility index (Phi) is 11.6. The molecule has 1 aliphatic rings. The Morgan fingerprint density at radius 1 is 0.860 bits per heavy atom. The van der Waals surface area contributed by atoms with Gasteiger partial charge in [-0.1, -0.05) is 108 Å². The monoisotopic (exact) mass is 683 g/mol. The number of nitrogens with one attached hydrogen (secondary N) is 1. The van der Waals surface area contributed by atoms with E-state index < -0.39 is 28.5 Å². The van der Waals surface area contributed by atoms with Crippen molar-refractivity contribution in [1.82, 2.24) is 10.2 Å². The van der Waals surface area contributed by atoms with Crippen molar-refractivity contribution in [2.45, 2.75) is 57.2 Å². The first-order chi connectivity index (χ1) is 20.4. The maximum Gasteiger partial charge on any atom is 0.244 e. The fourth-order valence-electron chi connectivity index (χ4n) is 5.21. The lowest BCUT2D eigenvalue weighted by molar-refractivity contribution is -0.140. The van der Waals surface area contributed by atoms with E-state index in [-0.39, 0.29) is 40.6 Å². The van der Waals surface area contributed by atoms with E-state index >= 15 is 0 Å². The molecule has 2 amide bonds. The van der Waals surface area contributed by atoms with Gasteiger partial charge in [0.1, 0.15) is 12.6 Å². The molecule has 1 aliphatic carbocycles. The van der Waals surface area contributed by atoms with Gasteiger partial charge < -0.3 is 10.2 Å². The minimum absolute atomic E-state index is 0.000706. The van der Waals surface area contributed by atoms with Crippen LogP contribution in [0.25, 0.3) is 0 Å². The van der Waals surface area contributed by atoms with E-state index in [9.17, 15) is 18.0 Å². The number of hydrogen-bond acceptors (Lipinski definition) is 4. The molecule has 0 radical (unpaired) electrons. The Morgan fingerprint density at radius 2 is 1.56 bits per heavy atom. The predicted molar refractivity (Wildman–Crippen MR) is 175 cm³/mol. The number of carbonyl (C=O) groups is 2. The van der Waals surface area contributed by atoms with Crippen LogP contribution in [0.2, 0.25) is 20.1 Å². The SMILES string of the molecule is CS(=O)(=O)N(CC(=O)N(Cc1ccc(Cl)c(Cl)c1)[C@H](Cc1ccccc1)C(=O)NC1CCCCC1)c1cccc(Cl)c1Cl. The van der Waals surface area contributed by atoms with Gasteiger partial charge in [0.25, 0.3) is 0 Å². The second-order valence-corrected chi connectivity index (χ2v) is 14.2. The molecule has 0 spiro atoms. The average molecular weight is 686 g/mol. The van der Waals surface area contributed by atoms with Gasteiger partial charge in [-0.15, -0.1) is 0 Å². The van der Waals surface area contributed by atoms with Gasteiger partial charge in [0.05, 0.1) is 32.0 Å². The molecule has 43 heavy (non-hydrogen) atoms. The van der Waals surface area contributed by atoms with Gasteiger partial charge in [0, 0.05) is 19.0 Å². The van der Waals surface area contributed by atoms with Gasteiger partial charge in [-0.25, -0.2) is 8.42 Å². The Morgan fingerprint density at radius 3 is 2.21 bits per heavy atom. The highest BCUT2D eigenvalue weighted by Crippen LogP contribution is 2.34. The van der Waals surface area contributed by atoms with E-state index in [4.69, 9.17) is 46.4 Å². The maximum atomic E-state index is 14.3. The minimum atomic E-state index is -3.99. The van der Waals surface area contributed by atoms with Gasteiger partial charge in [-0.05, 0) is 48.2 Å². The molecule has 0 aliphatic heterocycles. The summed E-state index contributed by atoms with van der Waals surface area (Å²) in [5, 5.41) is 3.94. The normalized spacial score (nSPS) is 14.6. The number of carbonyl (C=O) groups excluding carboxylic acids is 2. The number of halogens is 4. The highest BCUT2D eigenvalue weighted by molar-refractivity contribution is 7.92. The summed E-state index contributed by atoms with van der Waals surface area (Å²) in [6, 6.07) is 17.9. The predicted octanol–water partition coefficient (Wildman–Crippen LogP) is 7.16. The van der Waals surface area contributed by atoms with Gasteiger partial charge in [0.15, 0.2) is 0 Å². The molecule has 3 aromatic rings. The smallest absolute Gasteiger partial charge is 0.244 e. The van der Waals surface area contributed by atoms with E-state index in [1.807, 2.05) is 30.3 Å². The highest BCUT2D eigenvalue weighted by Gasteiger charge is 2.34. The van der Waals surface area contributed by atoms with Gasteiger partial charge in [-0.3, -0.25) is 13.9 Å². The van der Waals surface area contributed by atoms with Crippen molar-refractivity contribution in [3.8, 4) is 0 Å². The number of hydrogen-bond donors (Lipinski definition) is 1. The van der Waals surface area contributed by atoms with Gasteiger partial charge in [-0.2, -0.15) is 0 Å². The van der Waals surface area contributed by atoms with Crippen LogP contribution in [0.15, 0.2) is 66.7 Å². The molecule has 0 bridgehead atoms. The van der Waals surface area contributed by atoms with Crippen molar-refractivity contribution in [2.75, 3.05) is 17.1 Å². The molecule has 0 unspecified atom stereocenters. The fourth-order valence-corrected chi connectivity index (χ4v) is 6.84. The van der Waals surface area contributed by atoms with Gasteiger partial charge >= 0.3 is 0 Å². The van der Waals surface area contributed by atoms with Crippen LogP contribution in [0.1, 0.15) is 43.2 Å². The Labute approximate surface area is 273 Å². The van der Waals surface area contributed by atoms with Crippen LogP contribution in [0.3, 0.4) is 0 Å². The molecule has 230 valence electrons. The summed E-state index contributed by atoms with van der Waals surface area (Å²) in [6.07, 6.45) is 6.07. The number of nitrogens with zero attached hydrogens (tertiary/aromatic N) is 2. The van der Waals surface area contributed by atoms with Crippen LogP contribution in [0, 0.1) is 0 Å². The van der Waals surface area contributed by atoms with Crippen LogP contribution >= 0.6 is 46.4 Å². The zero-order valence-electron chi connectivity index (χ0n) is 23.6. The summed E-state index contributed by atoms with van der Waals surface area (Å²) >= 11 is 25.0. The Balaban J connectivity index is 1.76. The number of amides is 2. The third-order valence-electron chi connectivity index (χ3n) is 7.44. The third-order valence-corrected chi connectivity index (χ3v) is 10.1. The molecule has 1 fully saturated rings. The van der Waals surface area contributed by atoms with E-state index in [1.165, 1.54) is 17.0 Å². The second-order valence-electron chi connectivity index (χ2n) is 10.7. The Bertz CT molecular complexity index is 1550. The van der Waals surface area contributed by atoms with Crippen molar-refractivity contribution >= 4 is 73.9 Å². The van der Waals surface area contributed by atoms with Crippen molar-refractivity contribution in [3.05, 3.63) is 97.9 Å². The van der Waals surface area contributed by atoms with E-state index in [2.05, 4.69) is 5.32 Å². The first-order valence-electron chi connectivity index (χ1n) is 13.9. The van der Waals surface area contributed by atoms with Crippen LogP contribution in [-0.4, -0.2) is 50.0 Å². The topological polar surface area (TPSA) is 86.8 Å². The molecular weight excluding hydrogens is 652 g/mol. The quantitative estimate of drug-likeness (QED) is 0.232. The van der Waals surface area contributed by atoms with Crippen LogP contribution in [0.4, 0.5) is 5.69 Å². The lowest BCUT2D eigenvalue weighted by Crippen LogP contribution is -2.55.